The molecule has 0 saturated carbocycles. The molecule has 8 heteroatoms. The van der Waals surface area contributed by atoms with E-state index in [1.807, 2.05) is 11.8 Å². The Bertz CT molecular complexity index is 311. The number of carbonyl (C=O) groups excluding carboxylic acids is 1. The van der Waals surface area contributed by atoms with E-state index in [9.17, 15) is 9.59 Å². The van der Waals surface area contributed by atoms with E-state index in [0.29, 0.717) is 13.2 Å². The molecular weight excluding hydrogens is 282 g/mol. The molecule has 20 heavy (non-hydrogen) atoms. The number of aliphatic carboxylic acids is 1. The molecule has 0 aliphatic carbocycles. The van der Waals surface area contributed by atoms with E-state index in [2.05, 4.69) is 10.2 Å². The summed E-state index contributed by atoms with van der Waals surface area (Å²) in [6.07, 6.45) is 0. The van der Waals surface area contributed by atoms with Gasteiger partial charge in [0.05, 0.1) is 6.61 Å². The minimum absolute atomic E-state index is 0.273. The molecule has 0 radical (unpaired) electrons. The lowest BCUT2D eigenvalue weighted by atomic mass is 10.4. The van der Waals surface area contributed by atoms with Crippen molar-refractivity contribution in [3.63, 3.8) is 0 Å². The third kappa shape index (κ3) is 6.97. The molecule has 1 aliphatic rings. The smallest absolute Gasteiger partial charge is 0.323 e. The summed E-state index contributed by atoms with van der Waals surface area (Å²) >= 11 is 1.94. The fraction of sp³-hybridized carbons (Fsp3) is 0.833. The average molecular weight is 305 g/mol. The number of methoxy groups -OCH3 is 1. The molecule has 0 unspecified atom stereocenters. The third-order valence-electron chi connectivity index (χ3n) is 2.99. The Morgan fingerprint density at radius 1 is 1.40 bits per heavy atom. The molecule has 1 fully saturated rings. The number of thioether (sulfide) groups is 1. The summed E-state index contributed by atoms with van der Waals surface area (Å²) in [7, 11) is 1.52. The maximum atomic E-state index is 11.9. The summed E-state index contributed by atoms with van der Waals surface area (Å²) in [5, 5.41) is 11.6. The van der Waals surface area contributed by atoms with Crippen LogP contribution < -0.4 is 5.32 Å². The van der Waals surface area contributed by atoms with Crippen LogP contribution in [0.3, 0.4) is 0 Å². The van der Waals surface area contributed by atoms with Crippen molar-refractivity contribution in [2.75, 3.05) is 64.5 Å². The van der Waals surface area contributed by atoms with Crippen molar-refractivity contribution in [1.82, 2.24) is 15.1 Å². The second-order valence-corrected chi connectivity index (χ2v) is 5.72. The first kappa shape index (κ1) is 17.1. The Kier molecular flexibility index (Phi) is 8.40. The molecule has 0 spiro atoms. The highest BCUT2D eigenvalue weighted by Crippen LogP contribution is 2.07. The molecular formula is C12H23N3O4S. The predicted molar refractivity (Wildman–Crippen MR) is 78.2 cm³/mol. The van der Waals surface area contributed by atoms with Gasteiger partial charge >= 0.3 is 12.0 Å². The summed E-state index contributed by atoms with van der Waals surface area (Å²) < 4.78 is 4.88. The Labute approximate surface area is 123 Å². The minimum atomic E-state index is -1.02. The van der Waals surface area contributed by atoms with Gasteiger partial charge in [0.1, 0.15) is 6.54 Å². The van der Waals surface area contributed by atoms with Gasteiger partial charge in [-0.05, 0) is 0 Å². The molecule has 2 amide bonds. The van der Waals surface area contributed by atoms with Crippen molar-refractivity contribution < 1.29 is 19.4 Å². The topological polar surface area (TPSA) is 82.1 Å². The third-order valence-corrected chi connectivity index (χ3v) is 3.93. The molecule has 0 bridgehead atoms. The largest absolute Gasteiger partial charge is 0.480 e. The van der Waals surface area contributed by atoms with Gasteiger partial charge in [-0.25, -0.2) is 4.79 Å². The summed E-state index contributed by atoms with van der Waals surface area (Å²) in [4.78, 5) is 26.2. The molecule has 116 valence electrons. The SMILES string of the molecule is COCCN(CC(=O)O)C(=O)NCCN1CCSCC1. The van der Waals surface area contributed by atoms with E-state index in [-0.39, 0.29) is 19.1 Å². The Morgan fingerprint density at radius 3 is 2.70 bits per heavy atom. The minimum Gasteiger partial charge on any atom is -0.480 e. The Morgan fingerprint density at radius 2 is 2.10 bits per heavy atom. The van der Waals surface area contributed by atoms with Crippen LogP contribution in [0.2, 0.25) is 0 Å². The van der Waals surface area contributed by atoms with Gasteiger partial charge in [0.25, 0.3) is 0 Å². The number of carbonyl (C=O) groups is 2. The van der Waals surface area contributed by atoms with Crippen molar-refractivity contribution in [3.8, 4) is 0 Å². The first-order chi connectivity index (χ1) is 9.63. The maximum absolute atomic E-state index is 11.9. The van der Waals surface area contributed by atoms with Crippen LogP contribution in [-0.2, 0) is 9.53 Å². The molecule has 2 N–H and O–H groups in total. The molecule has 0 atom stereocenters. The van der Waals surface area contributed by atoms with Gasteiger partial charge in [-0.1, -0.05) is 0 Å². The molecule has 1 rings (SSSR count). The highest BCUT2D eigenvalue weighted by molar-refractivity contribution is 7.99. The van der Waals surface area contributed by atoms with E-state index < -0.39 is 5.97 Å². The predicted octanol–water partition coefficient (Wildman–Crippen LogP) is -0.222. The molecule has 0 aromatic rings. The molecule has 0 aromatic heterocycles. The van der Waals surface area contributed by atoms with Crippen LogP contribution >= 0.6 is 11.8 Å². The lowest BCUT2D eigenvalue weighted by Crippen LogP contribution is -2.47. The highest BCUT2D eigenvalue weighted by Gasteiger charge is 2.16. The Hall–Kier alpha value is -0.990. The van der Waals surface area contributed by atoms with E-state index in [1.165, 1.54) is 12.0 Å². The van der Waals surface area contributed by atoms with Gasteiger partial charge in [-0.3, -0.25) is 9.69 Å². The van der Waals surface area contributed by atoms with Crippen molar-refractivity contribution >= 4 is 23.8 Å². The molecule has 1 saturated heterocycles. The van der Waals surface area contributed by atoms with Gasteiger partial charge in [0.15, 0.2) is 0 Å². The first-order valence-corrected chi connectivity index (χ1v) is 7.82. The number of nitrogens with one attached hydrogen (secondary N) is 1. The zero-order valence-corrected chi connectivity index (χ0v) is 12.7. The highest BCUT2D eigenvalue weighted by atomic mass is 32.2. The number of hydrogen-bond donors (Lipinski definition) is 2. The van der Waals surface area contributed by atoms with E-state index in [1.54, 1.807) is 0 Å². The van der Waals surface area contributed by atoms with Crippen LogP contribution in [0.1, 0.15) is 0 Å². The number of carboxylic acids is 1. The number of nitrogens with zero attached hydrogens (tertiary/aromatic N) is 2. The van der Waals surface area contributed by atoms with Crippen LogP contribution in [0.5, 0.6) is 0 Å². The zero-order valence-electron chi connectivity index (χ0n) is 11.8. The van der Waals surface area contributed by atoms with Gasteiger partial charge in [0, 0.05) is 51.3 Å². The average Bonchev–Trinajstić information content (AvgIpc) is 2.44. The lowest BCUT2D eigenvalue weighted by molar-refractivity contribution is -0.137. The quantitative estimate of drug-likeness (QED) is 0.645. The van der Waals surface area contributed by atoms with Crippen LogP contribution in [0.25, 0.3) is 0 Å². The zero-order chi connectivity index (χ0) is 14.8. The van der Waals surface area contributed by atoms with E-state index in [4.69, 9.17) is 9.84 Å². The number of rotatable bonds is 8. The van der Waals surface area contributed by atoms with Crippen LogP contribution in [0.4, 0.5) is 4.79 Å². The first-order valence-electron chi connectivity index (χ1n) is 6.67. The fourth-order valence-electron chi connectivity index (χ4n) is 1.87. The number of ether oxygens (including phenoxy) is 1. The summed E-state index contributed by atoms with van der Waals surface area (Å²) in [5.41, 5.74) is 0. The molecule has 1 heterocycles. The second kappa shape index (κ2) is 9.84. The lowest BCUT2D eigenvalue weighted by Gasteiger charge is -2.27. The molecule has 0 aromatic carbocycles. The van der Waals surface area contributed by atoms with E-state index in [0.717, 1.165) is 31.1 Å². The van der Waals surface area contributed by atoms with Gasteiger partial charge in [-0.2, -0.15) is 11.8 Å². The monoisotopic (exact) mass is 305 g/mol. The van der Waals surface area contributed by atoms with Crippen molar-refractivity contribution in [1.29, 1.82) is 0 Å². The van der Waals surface area contributed by atoms with Crippen molar-refractivity contribution in [2.24, 2.45) is 0 Å². The van der Waals surface area contributed by atoms with Crippen LogP contribution in [-0.4, -0.2) is 91.4 Å². The van der Waals surface area contributed by atoms with Crippen LogP contribution in [0, 0.1) is 0 Å². The standard InChI is InChI=1S/C12H23N3O4S/c1-19-7-4-15(10-11(16)17)12(18)13-2-3-14-5-8-20-9-6-14/h2-10H2,1H3,(H,13,18)(H,16,17). The van der Waals surface area contributed by atoms with E-state index >= 15 is 0 Å². The van der Waals surface area contributed by atoms with Crippen molar-refractivity contribution in [3.05, 3.63) is 0 Å². The number of urea groups is 1. The fourth-order valence-corrected chi connectivity index (χ4v) is 2.85. The second-order valence-electron chi connectivity index (χ2n) is 4.49. The van der Waals surface area contributed by atoms with Gasteiger partial charge in [-0.15, -0.1) is 0 Å². The maximum Gasteiger partial charge on any atom is 0.323 e. The van der Waals surface area contributed by atoms with Gasteiger partial charge < -0.3 is 20.1 Å². The number of amides is 2. The van der Waals surface area contributed by atoms with Crippen LogP contribution in [0.15, 0.2) is 0 Å². The summed E-state index contributed by atoms with van der Waals surface area (Å²) in [5.74, 6) is 1.24. The number of carboxylic acid groups (broad SMARTS) is 1. The Balaban J connectivity index is 2.26. The normalized spacial score (nSPS) is 15.8. The summed E-state index contributed by atoms with van der Waals surface area (Å²) in [6, 6.07) is -0.351. The molecule has 1 aliphatic heterocycles. The number of hydrogen-bond acceptors (Lipinski definition) is 5. The molecule has 7 nitrogen and oxygen atoms in total. The summed E-state index contributed by atoms with van der Waals surface area (Å²) in [6.45, 7) is 3.71. The van der Waals surface area contributed by atoms with Gasteiger partial charge in [0.2, 0.25) is 0 Å². The van der Waals surface area contributed by atoms with Crippen molar-refractivity contribution in [2.45, 2.75) is 0 Å².